The van der Waals surface area contributed by atoms with Gasteiger partial charge in [-0.3, -0.25) is 0 Å². The standard InChI is InChI=1S/C11H10F6O.C9H15NS.C3H6.C2H6.C2H4/c1-6(18-2)7-3-8(10(12,13)14)5-9(4-7)11(15,16)17;1-3-4-7(2)8-5-6-9(11)10-8;1-3-2;2*1-2/h3-6H,1-2H3;4,8H,3,5-6H2,1-2H3,(H,10,11);3H,1H2,2H3;1-2H3;1-2H2/b;7-4+;;;. The Hall–Kier alpha value is -2.13. The quantitative estimate of drug-likeness (QED) is 0.233. The van der Waals surface area contributed by atoms with Gasteiger partial charge in [-0.1, -0.05) is 50.7 Å². The molecule has 36 heavy (non-hydrogen) atoms. The summed E-state index contributed by atoms with van der Waals surface area (Å²) in [6.45, 7) is 21.0. The first-order valence-corrected chi connectivity index (χ1v) is 12.0. The summed E-state index contributed by atoms with van der Waals surface area (Å²) < 4.78 is 79.7. The molecule has 1 aliphatic heterocycles. The molecule has 1 fully saturated rings. The average Bonchev–Trinajstić information content (AvgIpc) is 3.27. The van der Waals surface area contributed by atoms with Gasteiger partial charge in [0.15, 0.2) is 0 Å². The number of alkyl halides is 6. The molecule has 0 aromatic heterocycles. The van der Waals surface area contributed by atoms with E-state index in [1.807, 2.05) is 20.8 Å². The van der Waals surface area contributed by atoms with E-state index in [9.17, 15) is 26.3 Å². The maximum absolute atomic E-state index is 12.5. The van der Waals surface area contributed by atoms with Crippen molar-refractivity contribution < 1.29 is 31.1 Å². The van der Waals surface area contributed by atoms with Gasteiger partial charge in [0.2, 0.25) is 0 Å². The van der Waals surface area contributed by atoms with Crippen LogP contribution in [0.3, 0.4) is 0 Å². The lowest BCUT2D eigenvalue weighted by Gasteiger charge is -2.17. The molecule has 9 heteroatoms. The zero-order chi connectivity index (χ0) is 29.1. The Morgan fingerprint density at radius 1 is 1.11 bits per heavy atom. The molecule has 2 atom stereocenters. The van der Waals surface area contributed by atoms with Crippen molar-refractivity contribution in [3.63, 3.8) is 0 Å². The number of rotatable bonds is 4. The van der Waals surface area contributed by atoms with Crippen LogP contribution in [-0.4, -0.2) is 18.1 Å². The van der Waals surface area contributed by atoms with E-state index in [2.05, 4.69) is 45.0 Å². The number of hydrogen-bond acceptors (Lipinski definition) is 2. The van der Waals surface area contributed by atoms with E-state index in [0.29, 0.717) is 18.2 Å². The minimum Gasteiger partial charge on any atom is -0.377 e. The summed E-state index contributed by atoms with van der Waals surface area (Å²) in [6.07, 6.45) is -3.13. The molecule has 0 saturated carbocycles. The van der Waals surface area contributed by atoms with Crippen LogP contribution in [0.15, 0.2) is 55.7 Å². The summed E-state index contributed by atoms with van der Waals surface area (Å²) >= 11 is 5.06. The number of allylic oxidation sites excluding steroid dienone is 2. The average molecular weight is 542 g/mol. The van der Waals surface area contributed by atoms with Crippen molar-refractivity contribution in [3.05, 3.63) is 72.4 Å². The minimum absolute atomic E-state index is 0.0892. The van der Waals surface area contributed by atoms with Crippen LogP contribution >= 0.6 is 12.2 Å². The van der Waals surface area contributed by atoms with Crippen LogP contribution in [-0.2, 0) is 17.1 Å². The maximum atomic E-state index is 12.5. The molecule has 2 rings (SSSR count). The second kappa shape index (κ2) is 20.0. The Labute approximate surface area is 218 Å². The molecule has 1 aromatic carbocycles. The van der Waals surface area contributed by atoms with Crippen LogP contribution in [0.4, 0.5) is 26.3 Å². The lowest BCUT2D eigenvalue weighted by Crippen LogP contribution is -2.25. The third-order valence-corrected chi connectivity index (χ3v) is 4.83. The van der Waals surface area contributed by atoms with Crippen LogP contribution in [0.2, 0.25) is 0 Å². The first kappa shape index (κ1) is 38.4. The Morgan fingerprint density at radius 2 is 1.53 bits per heavy atom. The molecule has 0 amide bonds. The number of thiocarbonyl (C=S) groups is 1. The van der Waals surface area contributed by atoms with Gasteiger partial charge in [0.1, 0.15) is 0 Å². The second-order valence-corrected chi connectivity index (χ2v) is 7.63. The molecule has 1 saturated heterocycles. The van der Waals surface area contributed by atoms with E-state index in [1.165, 1.54) is 26.0 Å². The molecule has 1 aliphatic rings. The third-order valence-electron chi connectivity index (χ3n) is 4.50. The van der Waals surface area contributed by atoms with E-state index in [-0.39, 0.29) is 11.6 Å². The normalized spacial score (nSPS) is 15.8. The fraction of sp³-hybridized carbons (Fsp3) is 0.519. The highest BCUT2D eigenvalue weighted by Crippen LogP contribution is 2.37. The fourth-order valence-electron chi connectivity index (χ4n) is 2.77. The van der Waals surface area contributed by atoms with Crippen molar-refractivity contribution >= 4 is 17.2 Å². The molecule has 208 valence electrons. The molecule has 0 aliphatic carbocycles. The Kier molecular flexibility index (Phi) is 21.3. The number of ether oxygens (including phenoxy) is 1. The van der Waals surface area contributed by atoms with Crippen molar-refractivity contribution in [2.75, 3.05) is 7.11 Å². The molecule has 2 unspecified atom stereocenters. The van der Waals surface area contributed by atoms with Crippen LogP contribution in [0.1, 0.15) is 83.6 Å². The third kappa shape index (κ3) is 15.8. The zero-order valence-electron chi connectivity index (χ0n) is 22.4. The molecule has 1 aromatic rings. The molecule has 1 N–H and O–H groups in total. The van der Waals surface area contributed by atoms with Gasteiger partial charge in [0.05, 0.1) is 22.2 Å². The summed E-state index contributed by atoms with van der Waals surface area (Å²) in [5.74, 6) is 0. The van der Waals surface area contributed by atoms with Crippen molar-refractivity contribution in [1.29, 1.82) is 0 Å². The maximum Gasteiger partial charge on any atom is 0.416 e. The molecular weight excluding hydrogens is 500 g/mol. The van der Waals surface area contributed by atoms with Crippen molar-refractivity contribution in [3.8, 4) is 0 Å². The number of halogens is 6. The smallest absolute Gasteiger partial charge is 0.377 e. The van der Waals surface area contributed by atoms with Gasteiger partial charge in [-0.15, -0.1) is 19.7 Å². The number of nitrogens with one attached hydrogen (secondary N) is 1. The van der Waals surface area contributed by atoms with Gasteiger partial charge < -0.3 is 10.1 Å². The van der Waals surface area contributed by atoms with E-state index in [1.54, 1.807) is 6.08 Å². The highest BCUT2D eigenvalue weighted by Gasteiger charge is 2.37. The topological polar surface area (TPSA) is 21.3 Å². The van der Waals surface area contributed by atoms with Crippen molar-refractivity contribution in [2.24, 2.45) is 0 Å². The lowest BCUT2D eigenvalue weighted by atomic mass is 10.0. The Morgan fingerprint density at radius 3 is 1.81 bits per heavy atom. The van der Waals surface area contributed by atoms with Gasteiger partial charge in [-0.25, -0.2) is 0 Å². The monoisotopic (exact) mass is 541 g/mol. The molecule has 0 bridgehead atoms. The van der Waals surface area contributed by atoms with Crippen molar-refractivity contribution in [1.82, 2.24) is 5.32 Å². The molecule has 0 spiro atoms. The lowest BCUT2D eigenvalue weighted by molar-refractivity contribution is -0.143. The SMILES string of the molecule is C=C.C=CC.CC.CC/C=C(\C)C1CCC(=S)N1.COC(C)c1cc(C(F)(F)F)cc(C(F)(F)F)c1. The van der Waals surface area contributed by atoms with Crippen LogP contribution in [0.25, 0.3) is 0 Å². The van der Waals surface area contributed by atoms with Gasteiger partial charge in [-0.2, -0.15) is 26.3 Å². The summed E-state index contributed by atoms with van der Waals surface area (Å²) in [4.78, 5) is 1.03. The summed E-state index contributed by atoms with van der Waals surface area (Å²) in [7, 11) is 1.21. The van der Waals surface area contributed by atoms with E-state index in [4.69, 9.17) is 17.0 Å². The largest absolute Gasteiger partial charge is 0.416 e. The van der Waals surface area contributed by atoms with Gasteiger partial charge in [0, 0.05) is 13.2 Å². The van der Waals surface area contributed by atoms with Gasteiger partial charge >= 0.3 is 12.4 Å². The van der Waals surface area contributed by atoms with Gasteiger partial charge in [0.25, 0.3) is 0 Å². The predicted octanol–water partition coefficient (Wildman–Crippen LogP) is 9.87. The Balaban J connectivity index is -0.000000515. The molecule has 0 radical (unpaired) electrons. The van der Waals surface area contributed by atoms with Crippen LogP contribution in [0, 0.1) is 0 Å². The van der Waals surface area contributed by atoms with Gasteiger partial charge in [-0.05, 0) is 63.8 Å². The van der Waals surface area contributed by atoms with Crippen LogP contribution in [0.5, 0.6) is 0 Å². The van der Waals surface area contributed by atoms with E-state index in [0.717, 1.165) is 17.8 Å². The van der Waals surface area contributed by atoms with E-state index >= 15 is 0 Å². The summed E-state index contributed by atoms with van der Waals surface area (Å²) in [5, 5.41) is 3.30. The summed E-state index contributed by atoms with van der Waals surface area (Å²) in [6, 6.07) is 1.93. The predicted molar refractivity (Wildman–Crippen MR) is 143 cm³/mol. The highest BCUT2D eigenvalue weighted by atomic mass is 32.1. The van der Waals surface area contributed by atoms with E-state index < -0.39 is 29.6 Å². The molecular formula is C27H41F6NOS. The second-order valence-electron chi connectivity index (χ2n) is 7.14. The number of methoxy groups -OCH3 is 1. The minimum atomic E-state index is -4.83. The number of hydrogen-bond donors (Lipinski definition) is 1. The highest BCUT2D eigenvalue weighted by molar-refractivity contribution is 7.80. The zero-order valence-corrected chi connectivity index (χ0v) is 23.2. The fourth-order valence-corrected chi connectivity index (χ4v) is 3.03. The first-order valence-electron chi connectivity index (χ1n) is 11.6. The van der Waals surface area contributed by atoms with Crippen molar-refractivity contribution in [2.45, 2.75) is 85.3 Å². The molecule has 1 heterocycles. The summed E-state index contributed by atoms with van der Waals surface area (Å²) in [5.41, 5.74) is -1.40. The number of benzene rings is 1. The van der Waals surface area contributed by atoms with Crippen LogP contribution < -0.4 is 5.32 Å². The first-order chi connectivity index (χ1) is 16.7. The Bertz CT molecular complexity index is 755. The molecule has 2 nitrogen and oxygen atoms in total.